The quantitative estimate of drug-likeness (QED) is 0.918. The Morgan fingerprint density at radius 1 is 1.50 bits per heavy atom. The standard InChI is InChI=1S/C12H16F2N6/c1-2-19-5-3-9(12(13,14)7-19)17-10-11-18-16-8-20(11)6-4-15-10/h4,6,8-9H,2-3,5,7H2,1H3,(H,15,17). The van der Waals surface area contributed by atoms with Gasteiger partial charge in [-0.15, -0.1) is 10.2 Å². The number of rotatable bonds is 3. The Hall–Kier alpha value is -1.83. The van der Waals surface area contributed by atoms with E-state index in [9.17, 15) is 8.78 Å². The van der Waals surface area contributed by atoms with Crippen molar-refractivity contribution in [3.63, 3.8) is 0 Å². The summed E-state index contributed by atoms with van der Waals surface area (Å²) in [6.45, 7) is 2.96. The summed E-state index contributed by atoms with van der Waals surface area (Å²) in [6.07, 6.45) is 5.11. The number of likely N-dealkylation sites (tertiary alicyclic amines) is 1. The molecule has 1 unspecified atom stereocenters. The molecule has 6 nitrogen and oxygen atoms in total. The van der Waals surface area contributed by atoms with E-state index < -0.39 is 12.0 Å². The average molecular weight is 282 g/mol. The number of anilines is 1. The van der Waals surface area contributed by atoms with E-state index in [1.54, 1.807) is 15.5 Å². The molecule has 0 aromatic carbocycles. The molecule has 8 heteroatoms. The van der Waals surface area contributed by atoms with E-state index in [1.165, 1.54) is 12.5 Å². The fourth-order valence-corrected chi connectivity index (χ4v) is 2.48. The lowest BCUT2D eigenvalue weighted by Crippen LogP contribution is -2.54. The largest absolute Gasteiger partial charge is 0.358 e. The first-order chi connectivity index (χ1) is 9.60. The molecule has 108 valence electrons. The minimum Gasteiger partial charge on any atom is -0.358 e. The maximum atomic E-state index is 14.1. The zero-order valence-corrected chi connectivity index (χ0v) is 11.1. The predicted molar refractivity (Wildman–Crippen MR) is 69.9 cm³/mol. The molecule has 1 atom stereocenters. The fourth-order valence-electron chi connectivity index (χ4n) is 2.48. The van der Waals surface area contributed by atoms with Crippen LogP contribution in [-0.2, 0) is 0 Å². The highest BCUT2D eigenvalue weighted by Crippen LogP contribution is 2.30. The Kier molecular flexibility index (Phi) is 3.25. The number of hydrogen-bond acceptors (Lipinski definition) is 5. The van der Waals surface area contributed by atoms with E-state index in [0.29, 0.717) is 31.0 Å². The van der Waals surface area contributed by atoms with Crippen molar-refractivity contribution in [3.8, 4) is 0 Å². The van der Waals surface area contributed by atoms with Gasteiger partial charge < -0.3 is 5.32 Å². The second-order valence-corrected chi connectivity index (χ2v) is 4.95. The Morgan fingerprint density at radius 3 is 3.10 bits per heavy atom. The molecule has 0 aliphatic carbocycles. The molecular weight excluding hydrogens is 266 g/mol. The topological polar surface area (TPSA) is 58.4 Å². The van der Waals surface area contributed by atoms with Crippen LogP contribution < -0.4 is 5.32 Å². The lowest BCUT2D eigenvalue weighted by atomic mass is 10.0. The number of nitrogens with one attached hydrogen (secondary N) is 1. The van der Waals surface area contributed by atoms with Gasteiger partial charge in [0.1, 0.15) is 6.33 Å². The van der Waals surface area contributed by atoms with Gasteiger partial charge in [-0.2, -0.15) is 0 Å². The van der Waals surface area contributed by atoms with Gasteiger partial charge in [-0.1, -0.05) is 6.92 Å². The average Bonchev–Trinajstić information content (AvgIpc) is 2.90. The highest BCUT2D eigenvalue weighted by Gasteiger charge is 2.44. The molecule has 0 amide bonds. The van der Waals surface area contributed by atoms with E-state index in [1.807, 2.05) is 6.92 Å². The highest BCUT2D eigenvalue weighted by molar-refractivity contribution is 5.62. The maximum absolute atomic E-state index is 14.1. The van der Waals surface area contributed by atoms with E-state index >= 15 is 0 Å². The number of fused-ring (bicyclic) bond motifs is 1. The van der Waals surface area contributed by atoms with Crippen LogP contribution in [0.5, 0.6) is 0 Å². The summed E-state index contributed by atoms with van der Waals surface area (Å²) < 4.78 is 29.9. The molecule has 1 saturated heterocycles. The Bertz CT molecular complexity index is 598. The van der Waals surface area contributed by atoms with Gasteiger partial charge in [-0.05, 0) is 13.0 Å². The van der Waals surface area contributed by atoms with Crippen molar-refractivity contribution in [2.24, 2.45) is 0 Å². The number of aromatic nitrogens is 4. The van der Waals surface area contributed by atoms with Crippen LogP contribution >= 0.6 is 0 Å². The molecule has 0 saturated carbocycles. The Balaban J connectivity index is 1.82. The van der Waals surface area contributed by atoms with Crippen molar-refractivity contribution in [2.75, 3.05) is 25.0 Å². The first kappa shape index (κ1) is 13.2. The van der Waals surface area contributed by atoms with Gasteiger partial charge in [0.15, 0.2) is 5.82 Å². The van der Waals surface area contributed by atoms with Gasteiger partial charge in [0, 0.05) is 18.9 Å². The summed E-state index contributed by atoms with van der Waals surface area (Å²) in [7, 11) is 0. The van der Waals surface area contributed by atoms with Crippen LogP contribution in [-0.4, -0.2) is 56.1 Å². The van der Waals surface area contributed by atoms with E-state index in [0.717, 1.165) is 0 Å². The molecule has 0 spiro atoms. The third-order valence-corrected chi connectivity index (χ3v) is 3.65. The number of halogens is 2. The summed E-state index contributed by atoms with van der Waals surface area (Å²) in [5.74, 6) is -2.44. The van der Waals surface area contributed by atoms with Crippen LogP contribution in [0.15, 0.2) is 18.7 Å². The first-order valence-corrected chi connectivity index (χ1v) is 6.61. The number of hydrogen-bond donors (Lipinski definition) is 1. The van der Waals surface area contributed by atoms with Crippen LogP contribution in [0.4, 0.5) is 14.6 Å². The van der Waals surface area contributed by atoms with Crippen molar-refractivity contribution in [1.29, 1.82) is 0 Å². The molecule has 1 aliphatic heterocycles. The number of piperidine rings is 1. The molecule has 20 heavy (non-hydrogen) atoms. The molecule has 2 aromatic rings. The Morgan fingerprint density at radius 2 is 2.35 bits per heavy atom. The van der Waals surface area contributed by atoms with Crippen molar-refractivity contribution < 1.29 is 8.78 Å². The minimum absolute atomic E-state index is 0.225. The molecule has 0 bridgehead atoms. The number of alkyl halides is 2. The van der Waals surface area contributed by atoms with Gasteiger partial charge >= 0.3 is 0 Å². The van der Waals surface area contributed by atoms with Crippen molar-refractivity contribution in [1.82, 2.24) is 24.5 Å². The lowest BCUT2D eigenvalue weighted by Gasteiger charge is -2.38. The first-order valence-electron chi connectivity index (χ1n) is 6.61. The molecule has 1 aliphatic rings. The van der Waals surface area contributed by atoms with Gasteiger partial charge in [0.05, 0.1) is 12.6 Å². The summed E-state index contributed by atoms with van der Waals surface area (Å²) in [6, 6.07) is -0.930. The molecule has 0 radical (unpaired) electrons. The molecule has 3 rings (SSSR count). The van der Waals surface area contributed by atoms with E-state index in [4.69, 9.17) is 0 Å². The summed E-state index contributed by atoms with van der Waals surface area (Å²) in [5, 5.41) is 10.5. The van der Waals surface area contributed by atoms with Gasteiger partial charge in [0.25, 0.3) is 5.92 Å². The Labute approximate surface area is 114 Å². The third kappa shape index (κ3) is 2.31. The molecule has 1 N–H and O–H groups in total. The van der Waals surface area contributed by atoms with Gasteiger partial charge in [-0.25, -0.2) is 13.8 Å². The summed E-state index contributed by atoms with van der Waals surface area (Å²) in [5.41, 5.74) is 0.459. The summed E-state index contributed by atoms with van der Waals surface area (Å²) in [4.78, 5) is 5.85. The molecule has 2 aromatic heterocycles. The van der Waals surface area contributed by atoms with Crippen molar-refractivity contribution >= 4 is 11.5 Å². The predicted octanol–water partition coefficient (Wildman–Crippen LogP) is 1.27. The minimum atomic E-state index is -2.79. The van der Waals surface area contributed by atoms with Gasteiger partial charge in [0.2, 0.25) is 5.65 Å². The van der Waals surface area contributed by atoms with Crippen LogP contribution in [0.25, 0.3) is 5.65 Å². The lowest BCUT2D eigenvalue weighted by molar-refractivity contribution is -0.0725. The van der Waals surface area contributed by atoms with Crippen LogP contribution in [0, 0.1) is 0 Å². The normalized spacial score (nSPS) is 23.1. The van der Waals surface area contributed by atoms with Crippen LogP contribution in [0.2, 0.25) is 0 Å². The van der Waals surface area contributed by atoms with E-state index in [2.05, 4.69) is 20.5 Å². The zero-order valence-electron chi connectivity index (χ0n) is 11.1. The molecule has 3 heterocycles. The molecular formula is C12H16F2N6. The number of nitrogens with zero attached hydrogens (tertiary/aromatic N) is 5. The third-order valence-electron chi connectivity index (χ3n) is 3.65. The zero-order chi connectivity index (χ0) is 14.2. The maximum Gasteiger partial charge on any atom is 0.280 e. The monoisotopic (exact) mass is 282 g/mol. The van der Waals surface area contributed by atoms with Crippen LogP contribution in [0.3, 0.4) is 0 Å². The van der Waals surface area contributed by atoms with Gasteiger partial charge in [-0.3, -0.25) is 9.30 Å². The van der Waals surface area contributed by atoms with Crippen molar-refractivity contribution in [2.45, 2.75) is 25.3 Å². The van der Waals surface area contributed by atoms with E-state index in [-0.39, 0.29) is 6.54 Å². The highest BCUT2D eigenvalue weighted by atomic mass is 19.3. The van der Waals surface area contributed by atoms with Crippen molar-refractivity contribution in [3.05, 3.63) is 18.7 Å². The second kappa shape index (κ2) is 4.93. The molecule has 1 fully saturated rings. The smallest absolute Gasteiger partial charge is 0.280 e. The van der Waals surface area contributed by atoms with Crippen LogP contribution in [0.1, 0.15) is 13.3 Å². The second-order valence-electron chi connectivity index (χ2n) is 4.95. The fraction of sp³-hybridized carbons (Fsp3) is 0.583. The SMILES string of the molecule is CCN1CCC(Nc2nccn3cnnc23)C(F)(F)C1. The summed E-state index contributed by atoms with van der Waals surface area (Å²) >= 11 is 0.